The monoisotopic (exact) mass is 381 g/mol. The SMILES string of the molecule is NC(CC1CCC(F)(F)C1)c1ccc(Br)cc1Br. The lowest BCUT2D eigenvalue weighted by Crippen LogP contribution is -2.16. The molecule has 0 aromatic heterocycles. The van der Waals surface area contributed by atoms with Crippen molar-refractivity contribution >= 4 is 31.9 Å². The van der Waals surface area contributed by atoms with Crippen LogP contribution in [-0.2, 0) is 0 Å². The average molecular weight is 383 g/mol. The number of rotatable bonds is 3. The van der Waals surface area contributed by atoms with E-state index in [0.29, 0.717) is 12.8 Å². The fourth-order valence-corrected chi connectivity index (χ4v) is 3.87. The Kier molecular flexibility index (Phi) is 4.44. The van der Waals surface area contributed by atoms with E-state index in [2.05, 4.69) is 31.9 Å². The third kappa shape index (κ3) is 3.52. The van der Waals surface area contributed by atoms with E-state index in [1.807, 2.05) is 18.2 Å². The molecule has 0 saturated heterocycles. The van der Waals surface area contributed by atoms with Crippen LogP contribution in [0.3, 0.4) is 0 Å². The van der Waals surface area contributed by atoms with Crippen molar-refractivity contribution in [1.82, 2.24) is 0 Å². The molecule has 0 heterocycles. The molecule has 1 saturated carbocycles. The van der Waals surface area contributed by atoms with E-state index in [1.165, 1.54) is 0 Å². The van der Waals surface area contributed by atoms with Gasteiger partial charge in [0, 0.05) is 27.8 Å². The van der Waals surface area contributed by atoms with Crippen LogP contribution in [0.4, 0.5) is 8.78 Å². The minimum absolute atomic E-state index is 0.00585. The molecule has 1 aliphatic rings. The second kappa shape index (κ2) is 5.55. The highest BCUT2D eigenvalue weighted by Crippen LogP contribution is 2.42. The zero-order valence-corrected chi connectivity index (χ0v) is 13.0. The molecule has 1 fully saturated rings. The van der Waals surface area contributed by atoms with Gasteiger partial charge in [-0.3, -0.25) is 0 Å². The summed E-state index contributed by atoms with van der Waals surface area (Å²) in [5.41, 5.74) is 7.10. The largest absolute Gasteiger partial charge is 0.324 e. The van der Waals surface area contributed by atoms with Crippen LogP contribution in [0.2, 0.25) is 0 Å². The number of hydrogen-bond donors (Lipinski definition) is 1. The number of nitrogens with two attached hydrogens (primary N) is 1. The fourth-order valence-electron chi connectivity index (χ4n) is 2.53. The molecule has 0 spiro atoms. The van der Waals surface area contributed by atoms with Gasteiger partial charge >= 0.3 is 0 Å². The van der Waals surface area contributed by atoms with E-state index in [0.717, 1.165) is 14.5 Å². The van der Waals surface area contributed by atoms with Gasteiger partial charge in [-0.1, -0.05) is 37.9 Å². The van der Waals surface area contributed by atoms with Gasteiger partial charge in [0.15, 0.2) is 0 Å². The van der Waals surface area contributed by atoms with Crippen molar-refractivity contribution in [3.63, 3.8) is 0 Å². The van der Waals surface area contributed by atoms with Gasteiger partial charge in [-0.2, -0.15) is 0 Å². The summed E-state index contributed by atoms with van der Waals surface area (Å²) in [6.45, 7) is 0. The predicted molar refractivity (Wildman–Crippen MR) is 75.7 cm³/mol. The Hall–Kier alpha value is -0.000000000000000111. The van der Waals surface area contributed by atoms with Crippen molar-refractivity contribution in [2.24, 2.45) is 11.7 Å². The lowest BCUT2D eigenvalue weighted by Gasteiger charge is -2.18. The summed E-state index contributed by atoms with van der Waals surface area (Å²) in [6.07, 6.45) is 1.19. The molecule has 0 aliphatic heterocycles. The maximum absolute atomic E-state index is 13.1. The zero-order valence-electron chi connectivity index (χ0n) is 9.80. The second-order valence-electron chi connectivity index (χ2n) is 4.97. The van der Waals surface area contributed by atoms with E-state index in [9.17, 15) is 8.78 Å². The molecule has 2 rings (SSSR count). The molecular weight excluding hydrogens is 368 g/mol. The van der Waals surface area contributed by atoms with Crippen LogP contribution >= 0.6 is 31.9 Å². The van der Waals surface area contributed by atoms with Gasteiger partial charge in [0.05, 0.1) is 0 Å². The minimum Gasteiger partial charge on any atom is -0.324 e. The molecular formula is C13H15Br2F2N. The molecule has 100 valence electrons. The molecule has 1 aromatic rings. The number of alkyl halides is 2. The molecule has 2 unspecified atom stereocenters. The zero-order chi connectivity index (χ0) is 13.3. The third-order valence-electron chi connectivity index (χ3n) is 3.45. The molecule has 1 aromatic carbocycles. The predicted octanol–water partition coefficient (Wildman–Crippen LogP) is 5.04. The molecule has 5 heteroatoms. The van der Waals surface area contributed by atoms with Gasteiger partial charge in [0.25, 0.3) is 0 Å². The van der Waals surface area contributed by atoms with Gasteiger partial charge in [-0.05, 0) is 36.5 Å². The molecule has 1 nitrogen and oxygen atoms in total. The first-order valence-electron chi connectivity index (χ1n) is 5.96. The number of halogens is 4. The maximum atomic E-state index is 13.1. The van der Waals surface area contributed by atoms with Crippen molar-refractivity contribution in [3.8, 4) is 0 Å². The van der Waals surface area contributed by atoms with Crippen LogP contribution in [0.25, 0.3) is 0 Å². The fraction of sp³-hybridized carbons (Fsp3) is 0.538. The van der Waals surface area contributed by atoms with Crippen LogP contribution in [-0.4, -0.2) is 5.92 Å². The first-order valence-corrected chi connectivity index (χ1v) is 7.54. The Labute approximate surface area is 122 Å². The van der Waals surface area contributed by atoms with Gasteiger partial charge in [0.1, 0.15) is 0 Å². The molecule has 0 radical (unpaired) electrons. The van der Waals surface area contributed by atoms with Crippen molar-refractivity contribution in [2.45, 2.75) is 37.6 Å². The lowest BCUT2D eigenvalue weighted by molar-refractivity contribution is 0.00446. The summed E-state index contributed by atoms with van der Waals surface area (Å²) >= 11 is 6.84. The lowest BCUT2D eigenvalue weighted by atomic mass is 9.94. The van der Waals surface area contributed by atoms with E-state index in [-0.39, 0.29) is 24.8 Å². The molecule has 1 aliphatic carbocycles. The van der Waals surface area contributed by atoms with Crippen molar-refractivity contribution in [1.29, 1.82) is 0 Å². The van der Waals surface area contributed by atoms with Crippen LogP contribution < -0.4 is 5.73 Å². The van der Waals surface area contributed by atoms with Gasteiger partial charge in [-0.15, -0.1) is 0 Å². The molecule has 18 heavy (non-hydrogen) atoms. The second-order valence-corrected chi connectivity index (χ2v) is 6.74. The van der Waals surface area contributed by atoms with Gasteiger partial charge in [0.2, 0.25) is 5.92 Å². The standard InChI is InChI=1S/C13H15Br2F2N/c14-9-1-2-10(11(15)6-9)12(18)5-8-3-4-13(16,17)7-8/h1-2,6,8,12H,3-5,7,18H2. The number of benzene rings is 1. The first-order chi connectivity index (χ1) is 8.37. The average Bonchev–Trinajstić information content (AvgIpc) is 2.57. The Bertz CT molecular complexity index is 437. The van der Waals surface area contributed by atoms with E-state index < -0.39 is 5.92 Å². The molecule has 0 bridgehead atoms. The van der Waals surface area contributed by atoms with E-state index in [4.69, 9.17) is 5.73 Å². The van der Waals surface area contributed by atoms with E-state index in [1.54, 1.807) is 0 Å². The van der Waals surface area contributed by atoms with Gasteiger partial charge < -0.3 is 5.73 Å². The summed E-state index contributed by atoms with van der Waals surface area (Å²) in [5.74, 6) is -2.45. The van der Waals surface area contributed by atoms with Gasteiger partial charge in [-0.25, -0.2) is 8.78 Å². The van der Waals surface area contributed by atoms with Crippen LogP contribution in [0, 0.1) is 5.92 Å². The first kappa shape index (κ1) is 14.4. The van der Waals surface area contributed by atoms with Crippen LogP contribution in [0.5, 0.6) is 0 Å². The van der Waals surface area contributed by atoms with E-state index >= 15 is 0 Å². The van der Waals surface area contributed by atoms with Crippen molar-refractivity contribution in [2.75, 3.05) is 0 Å². The van der Waals surface area contributed by atoms with Crippen LogP contribution in [0.1, 0.15) is 37.3 Å². The highest BCUT2D eigenvalue weighted by Gasteiger charge is 2.39. The Morgan fingerprint density at radius 1 is 1.39 bits per heavy atom. The third-order valence-corrected chi connectivity index (χ3v) is 4.63. The van der Waals surface area contributed by atoms with Crippen LogP contribution in [0.15, 0.2) is 27.1 Å². The molecule has 0 amide bonds. The summed E-state index contributed by atoms with van der Waals surface area (Å²) < 4.78 is 28.1. The highest BCUT2D eigenvalue weighted by atomic mass is 79.9. The Morgan fingerprint density at radius 3 is 2.67 bits per heavy atom. The summed E-state index contributed by atoms with van der Waals surface area (Å²) in [7, 11) is 0. The molecule has 2 N–H and O–H groups in total. The Balaban J connectivity index is 2.02. The summed E-state index contributed by atoms with van der Waals surface area (Å²) in [5, 5.41) is 0. The smallest absolute Gasteiger partial charge is 0.248 e. The van der Waals surface area contributed by atoms with Crippen molar-refractivity contribution in [3.05, 3.63) is 32.7 Å². The normalized spacial score (nSPS) is 24.2. The molecule has 2 atom stereocenters. The number of hydrogen-bond acceptors (Lipinski definition) is 1. The topological polar surface area (TPSA) is 26.0 Å². The minimum atomic E-state index is -2.48. The van der Waals surface area contributed by atoms with Crippen molar-refractivity contribution < 1.29 is 8.78 Å². The Morgan fingerprint density at radius 2 is 2.11 bits per heavy atom. The maximum Gasteiger partial charge on any atom is 0.248 e. The summed E-state index contributed by atoms with van der Waals surface area (Å²) in [4.78, 5) is 0. The quantitative estimate of drug-likeness (QED) is 0.778. The highest BCUT2D eigenvalue weighted by molar-refractivity contribution is 9.11. The summed E-state index contributed by atoms with van der Waals surface area (Å²) in [6, 6.07) is 5.60.